The zero-order valence-corrected chi connectivity index (χ0v) is 12.9. The second kappa shape index (κ2) is 10.1. The summed E-state index contributed by atoms with van der Waals surface area (Å²) in [7, 11) is 0. The second-order valence-corrected chi connectivity index (χ2v) is 5.03. The number of nitrogens with two attached hydrogens (primary N) is 2. The Hall–Kier alpha value is -2.65. The zero-order valence-electron chi connectivity index (χ0n) is 12.9. The third kappa shape index (κ3) is 7.25. The lowest BCUT2D eigenvalue weighted by atomic mass is 10.1. The molecular weight excluding hydrogens is 294 g/mol. The van der Waals surface area contributed by atoms with E-state index in [1.165, 1.54) is 0 Å². The first-order valence-electron chi connectivity index (χ1n) is 7.39. The number of benzene rings is 1. The molecule has 1 rings (SSSR count). The molecule has 0 heterocycles. The van der Waals surface area contributed by atoms with E-state index in [-0.39, 0.29) is 18.6 Å². The van der Waals surface area contributed by atoms with Crippen molar-refractivity contribution in [2.45, 2.75) is 38.1 Å². The van der Waals surface area contributed by atoms with Crippen LogP contribution in [0.1, 0.15) is 32.1 Å². The van der Waals surface area contributed by atoms with Crippen molar-refractivity contribution in [1.82, 2.24) is 0 Å². The summed E-state index contributed by atoms with van der Waals surface area (Å²) in [5, 5.41) is 2.76. The predicted molar refractivity (Wildman–Crippen MR) is 89.4 cm³/mol. The molecule has 0 aliphatic heterocycles. The monoisotopic (exact) mass is 315 g/mol. The van der Waals surface area contributed by atoms with Gasteiger partial charge in [-0.05, 0) is 25.0 Å². The summed E-state index contributed by atoms with van der Waals surface area (Å²) in [5.41, 5.74) is 12.3. The van der Waals surface area contributed by atoms with Gasteiger partial charge in [-0.15, -0.1) is 11.8 Å². The highest BCUT2D eigenvalue weighted by Crippen LogP contribution is 2.17. The fourth-order valence-corrected chi connectivity index (χ4v) is 1.78. The van der Waals surface area contributed by atoms with E-state index in [0.717, 1.165) is 6.42 Å². The number of nitrogens with one attached hydrogen (secondary N) is 1. The number of Topliss-reactive ketones (excluding diaryl/α,β-unsaturated/α-hetero) is 1. The quantitative estimate of drug-likeness (QED) is 0.219. The van der Waals surface area contributed by atoms with Gasteiger partial charge in [0.15, 0.2) is 6.29 Å². The van der Waals surface area contributed by atoms with Crippen molar-refractivity contribution in [2.24, 2.45) is 5.73 Å². The van der Waals surface area contributed by atoms with Gasteiger partial charge in [0, 0.05) is 19.3 Å². The summed E-state index contributed by atoms with van der Waals surface area (Å²) >= 11 is 0. The molecule has 23 heavy (non-hydrogen) atoms. The lowest BCUT2D eigenvalue weighted by Crippen LogP contribution is -2.30. The number of hydrogen-bond acceptors (Lipinski definition) is 5. The van der Waals surface area contributed by atoms with Gasteiger partial charge in [0.1, 0.15) is 0 Å². The van der Waals surface area contributed by atoms with Crippen LogP contribution in [-0.2, 0) is 14.4 Å². The summed E-state index contributed by atoms with van der Waals surface area (Å²) in [5.74, 6) is 4.91. The van der Waals surface area contributed by atoms with Crippen molar-refractivity contribution in [2.75, 3.05) is 11.1 Å². The minimum absolute atomic E-state index is 0.0885. The Morgan fingerprint density at radius 2 is 1.96 bits per heavy atom. The van der Waals surface area contributed by atoms with Crippen LogP contribution in [0.4, 0.5) is 11.4 Å². The molecule has 0 saturated carbocycles. The normalized spacial score (nSPS) is 11.0. The van der Waals surface area contributed by atoms with E-state index in [2.05, 4.69) is 17.2 Å². The van der Waals surface area contributed by atoms with Crippen molar-refractivity contribution in [1.29, 1.82) is 0 Å². The van der Waals surface area contributed by atoms with E-state index in [4.69, 9.17) is 11.5 Å². The number of nitrogen functional groups attached to an aromatic ring is 1. The van der Waals surface area contributed by atoms with E-state index in [9.17, 15) is 14.4 Å². The number of hydrogen-bond donors (Lipinski definition) is 3. The number of anilines is 2. The van der Waals surface area contributed by atoms with E-state index >= 15 is 0 Å². The second-order valence-electron chi connectivity index (χ2n) is 5.03. The molecule has 0 aliphatic carbocycles. The molecule has 1 atom stereocenters. The average molecular weight is 315 g/mol. The van der Waals surface area contributed by atoms with Gasteiger partial charge in [-0.2, -0.15) is 0 Å². The van der Waals surface area contributed by atoms with Crippen LogP contribution in [0.3, 0.4) is 0 Å². The first-order valence-corrected chi connectivity index (χ1v) is 7.39. The Balaban J connectivity index is 2.18. The molecule has 0 saturated heterocycles. The van der Waals surface area contributed by atoms with Gasteiger partial charge in [0.25, 0.3) is 0 Å². The summed E-state index contributed by atoms with van der Waals surface area (Å²) in [6.45, 7) is 0. The molecule has 1 amide bonds. The molecule has 5 N–H and O–H groups in total. The molecule has 0 aliphatic rings. The molecule has 0 spiro atoms. The number of aldehydes is 1. The summed E-state index contributed by atoms with van der Waals surface area (Å²) in [4.78, 5) is 32.9. The predicted octanol–water partition coefficient (Wildman–Crippen LogP) is 1.26. The molecule has 6 nitrogen and oxygen atoms in total. The number of ketones is 1. The minimum atomic E-state index is -0.845. The third-order valence-corrected chi connectivity index (χ3v) is 3.12. The number of unbranched alkanes of at least 4 members (excludes halogenated alkanes) is 2. The van der Waals surface area contributed by atoms with Crippen LogP contribution in [0.5, 0.6) is 0 Å². The van der Waals surface area contributed by atoms with E-state index < -0.39 is 11.8 Å². The molecular formula is C17H21N3O3. The Bertz CT molecular complexity index is 617. The molecule has 1 aromatic carbocycles. The fourth-order valence-electron chi connectivity index (χ4n) is 1.78. The van der Waals surface area contributed by atoms with Crippen LogP contribution in [0.25, 0.3) is 0 Å². The van der Waals surface area contributed by atoms with Crippen LogP contribution >= 0.6 is 0 Å². The smallest absolute Gasteiger partial charge is 0.224 e. The fraction of sp³-hybridized carbons (Fsp3) is 0.353. The maximum Gasteiger partial charge on any atom is 0.224 e. The summed E-state index contributed by atoms with van der Waals surface area (Å²) in [6, 6.07) is 6.25. The summed E-state index contributed by atoms with van der Waals surface area (Å²) < 4.78 is 0. The van der Waals surface area contributed by atoms with Crippen molar-refractivity contribution >= 4 is 29.4 Å². The van der Waals surface area contributed by atoms with Gasteiger partial charge in [-0.1, -0.05) is 12.1 Å². The first kappa shape index (κ1) is 18.4. The topological polar surface area (TPSA) is 115 Å². The van der Waals surface area contributed by atoms with Gasteiger partial charge in [-0.3, -0.25) is 14.4 Å². The summed E-state index contributed by atoms with van der Waals surface area (Å²) in [6.07, 6.45) is 2.85. The zero-order chi connectivity index (χ0) is 17.1. The number of para-hydroxylation sites is 2. The van der Waals surface area contributed by atoms with Crippen LogP contribution in [0, 0.1) is 11.8 Å². The molecule has 0 bridgehead atoms. The number of rotatable bonds is 8. The molecule has 122 valence electrons. The molecule has 0 aromatic heterocycles. The van der Waals surface area contributed by atoms with Gasteiger partial charge in [0.05, 0.1) is 17.4 Å². The maximum absolute atomic E-state index is 11.8. The van der Waals surface area contributed by atoms with Gasteiger partial charge < -0.3 is 16.8 Å². The van der Waals surface area contributed by atoms with Gasteiger partial charge in [-0.25, -0.2) is 0 Å². The highest BCUT2D eigenvalue weighted by atomic mass is 16.2. The van der Waals surface area contributed by atoms with Crippen molar-refractivity contribution in [3.63, 3.8) is 0 Å². The standard InChI is InChI=1S/C17H21N3O3/c18-13-8-6-7-10-15(13)20-17(23)11-5-3-1-2-4-9-14(19)16(22)12-21/h6-8,10,12,14H,1,3,5,9,11,18-19H2,(H,20,23)/t14-/m1/s1. The third-order valence-electron chi connectivity index (χ3n) is 3.12. The Morgan fingerprint density at radius 3 is 2.65 bits per heavy atom. The van der Waals surface area contributed by atoms with Gasteiger partial charge >= 0.3 is 0 Å². The lowest BCUT2D eigenvalue weighted by molar-refractivity contribution is -0.130. The largest absolute Gasteiger partial charge is 0.397 e. The Kier molecular flexibility index (Phi) is 8.11. The average Bonchev–Trinajstić information content (AvgIpc) is 2.55. The Labute approximate surface area is 135 Å². The van der Waals surface area contributed by atoms with Crippen LogP contribution in [-0.4, -0.2) is 24.0 Å². The SMILES string of the molecule is Nc1ccccc1NC(=O)CCCCC#CC[C@@H](N)C(=O)C=O. The van der Waals surface area contributed by atoms with Crippen LogP contribution < -0.4 is 16.8 Å². The molecule has 0 fully saturated rings. The molecule has 6 heteroatoms. The number of carbonyl (C=O) groups excluding carboxylic acids is 3. The number of amides is 1. The van der Waals surface area contributed by atoms with Crippen LogP contribution in [0.15, 0.2) is 24.3 Å². The number of carbonyl (C=O) groups is 3. The van der Waals surface area contributed by atoms with Gasteiger partial charge in [0.2, 0.25) is 11.7 Å². The van der Waals surface area contributed by atoms with Crippen molar-refractivity contribution in [3.05, 3.63) is 24.3 Å². The maximum atomic E-state index is 11.8. The molecule has 1 aromatic rings. The van der Waals surface area contributed by atoms with E-state index in [1.807, 2.05) is 6.07 Å². The minimum Gasteiger partial charge on any atom is -0.397 e. The molecule has 0 radical (unpaired) electrons. The van der Waals surface area contributed by atoms with E-state index in [0.29, 0.717) is 30.6 Å². The highest BCUT2D eigenvalue weighted by Gasteiger charge is 2.09. The van der Waals surface area contributed by atoms with Crippen LogP contribution in [0.2, 0.25) is 0 Å². The highest BCUT2D eigenvalue weighted by molar-refractivity contribution is 6.27. The van der Waals surface area contributed by atoms with Crippen molar-refractivity contribution in [3.8, 4) is 11.8 Å². The first-order chi connectivity index (χ1) is 11.0. The van der Waals surface area contributed by atoms with E-state index in [1.54, 1.807) is 18.2 Å². The lowest BCUT2D eigenvalue weighted by Gasteiger charge is -2.07. The van der Waals surface area contributed by atoms with Crippen molar-refractivity contribution < 1.29 is 14.4 Å². The molecule has 0 unspecified atom stereocenters. The Morgan fingerprint density at radius 1 is 1.22 bits per heavy atom.